The SMILES string of the molecule is Cc1c(C(=O)N2CCN(c3ccncc3)CC2)cnn1-c1ccccc1F. The van der Waals surface area contributed by atoms with Crippen molar-refractivity contribution in [1.29, 1.82) is 0 Å². The van der Waals surface area contributed by atoms with E-state index in [1.807, 2.05) is 17.0 Å². The number of para-hydroxylation sites is 1. The zero-order valence-electron chi connectivity index (χ0n) is 15.0. The van der Waals surface area contributed by atoms with Gasteiger partial charge in [-0.3, -0.25) is 9.78 Å². The monoisotopic (exact) mass is 365 g/mol. The Morgan fingerprint density at radius 1 is 1.04 bits per heavy atom. The molecule has 0 aliphatic carbocycles. The molecule has 3 heterocycles. The van der Waals surface area contributed by atoms with E-state index in [4.69, 9.17) is 0 Å². The lowest BCUT2D eigenvalue weighted by atomic mass is 10.2. The fourth-order valence-electron chi connectivity index (χ4n) is 3.38. The quantitative estimate of drug-likeness (QED) is 0.716. The number of aromatic nitrogens is 3. The number of hydrogen-bond acceptors (Lipinski definition) is 4. The minimum atomic E-state index is -0.367. The summed E-state index contributed by atoms with van der Waals surface area (Å²) < 4.78 is 15.5. The van der Waals surface area contributed by atoms with Crippen molar-refractivity contribution in [2.45, 2.75) is 6.92 Å². The number of halogens is 1. The van der Waals surface area contributed by atoms with E-state index in [0.29, 0.717) is 30.0 Å². The smallest absolute Gasteiger partial charge is 0.257 e. The number of pyridine rings is 1. The van der Waals surface area contributed by atoms with Crippen molar-refractivity contribution in [2.24, 2.45) is 0 Å². The molecular weight excluding hydrogens is 345 g/mol. The first kappa shape index (κ1) is 17.2. The van der Waals surface area contributed by atoms with Gasteiger partial charge in [0.05, 0.1) is 17.5 Å². The van der Waals surface area contributed by atoms with Crippen molar-refractivity contribution in [3.05, 3.63) is 72.1 Å². The predicted molar refractivity (Wildman–Crippen MR) is 101 cm³/mol. The molecule has 138 valence electrons. The van der Waals surface area contributed by atoms with Crippen LogP contribution in [0.15, 0.2) is 55.0 Å². The summed E-state index contributed by atoms with van der Waals surface area (Å²) in [5, 5.41) is 4.24. The second-order valence-corrected chi connectivity index (χ2v) is 6.49. The predicted octanol–water partition coefficient (Wildman–Crippen LogP) is 2.68. The normalized spacial score (nSPS) is 14.4. The summed E-state index contributed by atoms with van der Waals surface area (Å²) in [5.74, 6) is -0.432. The van der Waals surface area contributed by atoms with Gasteiger partial charge in [0, 0.05) is 44.3 Å². The van der Waals surface area contributed by atoms with Crippen LogP contribution in [0.25, 0.3) is 5.69 Å². The molecule has 1 amide bonds. The highest BCUT2D eigenvalue weighted by Gasteiger charge is 2.25. The molecule has 0 atom stereocenters. The van der Waals surface area contributed by atoms with Gasteiger partial charge in [0.2, 0.25) is 0 Å². The number of rotatable bonds is 3. The van der Waals surface area contributed by atoms with E-state index in [2.05, 4.69) is 15.0 Å². The van der Waals surface area contributed by atoms with Crippen molar-refractivity contribution in [1.82, 2.24) is 19.7 Å². The molecule has 27 heavy (non-hydrogen) atoms. The second kappa shape index (κ2) is 7.19. The molecule has 7 heteroatoms. The van der Waals surface area contributed by atoms with Crippen LogP contribution in [0.2, 0.25) is 0 Å². The van der Waals surface area contributed by atoms with Gasteiger partial charge in [-0.15, -0.1) is 0 Å². The average molecular weight is 365 g/mol. The van der Waals surface area contributed by atoms with Crippen LogP contribution in [0.4, 0.5) is 10.1 Å². The molecule has 0 unspecified atom stereocenters. The number of nitrogens with zero attached hydrogens (tertiary/aromatic N) is 5. The fraction of sp³-hybridized carbons (Fsp3) is 0.250. The molecule has 2 aromatic heterocycles. The molecule has 0 radical (unpaired) electrons. The maximum absolute atomic E-state index is 14.1. The maximum atomic E-state index is 14.1. The van der Waals surface area contributed by atoms with Gasteiger partial charge >= 0.3 is 0 Å². The van der Waals surface area contributed by atoms with E-state index >= 15 is 0 Å². The average Bonchev–Trinajstić information content (AvgIpc) is 3.10. The van der Waals surface area contributed by atoms with E-state index < -0.39 is 0 Å². The fourth-order valence-corrected chi connectivity index (χ4v) is 3.38. The Bertz CT molecular complexity index is 948. The standard InChI is InChI=1S/C20H20FN5O/c1-15-17(14-23-26(15)19-5-3-2-4-18(19)21)20(27)25-12-10-24(11-13-25)16-6-8-22-9-7-16/h2-9,14H,10-13H2,1H3. The lowest BCUT2D eigenvalue weighted by molar-refractivity contribution is 0.0746. The summed E-state index contributed by atoms with van der Waals surface area (Å²) in [7, 11) is 0. The zero-order chi connectivity index (χ0) is 18.8. The maximum Gasteiger partial charge on any atom is 0.257 e. The molecular formula is C20H20FN5O. The van der Waals surface area contributed by atoms with E-state index in [1.165, 1.54) is 16.9 Å². The zero-order valence-corrected chi connectivity index (χ0v) is 15.0. The lowest BCUT2D eigenvalue weighted by Crippen LogP contribution is -2.48. The van der Waals surface area contributed by atoms with Crippen LogP contribution in [0.1, 0.15) is 16.1 Å². The van der Waals surface area contributed by atoms with Crippen molar-refractivity contribution in [3.8, 4) is 5.69 Å². The molecule has 1 aliphatic heterocycles. The highest BCUT2D eigenvalue weighted by atomic mass is 19.1. The van der Waals surface area contributed by atoms with E-state index in [0.717, 1.165) is 18.8 Å². The molecule has 6 nitrogen and oxygen atoms in total. The first-order valence-electron chi connectivity index (χ1n) is 8.89. The summed E-state index contributed by atoms with van der Waals surface area (Å²) in [6, 6.07) is 10.4. The summed E-state index contributed by atoms with van der Waals surface area (Å²) >= 11 is 0. The van der Waals surface area contributed by atoms with Crippen LogP contribution >= 0.6 is 0 Å². The Morgan fingerprint density at radius 2 is 1.74 bits per heavy atom. The molecule has 1 aliphatic rings. The van der Waals surface area contributed by atoms with Crippen LogP contribution in [0.5, 0.6) is 0 Å². The van der Waals surface area contributed by atoms with E-state index in [1.54, 1.807) is 37.5 Å². The summed E-state index contributed by atoms with van der Waals surface area (Å²) in [4.78, 5) is 21.0. The van der Waals surface area contributed by atoms with Crippen LogP contribution in [0, 0.1) is 12.7 Å². The molecule has 1 saturated heterocycles. The van der Waals surface area contributed by atoms with Crippen LogP contribution in [-0.4, -0.2) is 51.8 Å². The molecule has 0 N–H and O–H groups in total. The summed E-state index contributed by atoms with van der Waals surface area (Å²) in [6.45, 7) is 4.57. The van der Waals surface area contributed by atoms with Crippen LogP contribution < -0.4 is 4.90 Å². The molecule has 0 saturated carbocycles. The van der Waals surface area contributed by atoms with Crippen molar-refractivity contribution in [2.75, 3.05) is 31.1 Å². The van der Waals surface area contributed by atoms with Crippen molar-refractivity contribution in [3.63, 3.8) is 0 Å². The topological polar surface area (TPSA) is 54.3 Å². The minimum absolute atomic E-state index is 0.0653. The summed E-state index contributed by atoms with van der Waals surface area (Å²) in [6.07, 6.45) is 5.07. The third-order valence-corrected chi connectivity index (χ3v) is 4.92. The largest absolute Gasteiger partial charge is 0.368 e. The van der Waals surface area contributed by atoms with Gasteiger partial charge in [-0.1, -0.05) is 12.1 Å². The van der Waals surface area contributed by atoms with Gasteiger partial charge in [-0.25, -0.2) is 9.07 Å². The molecule has 3 aromatic rings. The first-order valence-corrected chi connectivity index (χ1v) is 8.89. The lowest BCUT2D eigenvalue weighted by Gasteiger charge is -2.36. The van der Waals surface area contributed by atoms with E-state index in [9.17, 15) is 9.18 Å². The van der Waals surface area contributed by atoms with Gasteiger partial charge < -0.3 is 9.80 Å². The molecule has 1 fully saturated rings. The Morgan fingerprint density at radius 3 is 2.44 bits per heavy atom. The van der Waals surface area contributed by atoms with Crippen LogP contribution in [0.3, 0.4) is 0 Å². The van der Waals surface area contributed by atoms with E-state index in [-0.39, 0.29) is 11.7 Å². The number of benzene rings is 1. The van der Waals surface area contributed by atoms with Gasteiger partial charge in [-0.05, 0) is 31.2 Å². The molecule has 0 bridgehead atoms. The highest BCUT2D eigenvalue weighted by molar-refractivity contribution is 5.95. The molecule has 0 spiro atoms. The third-order valence-electron chi connectivity index (χ3n) is 4.92. The highest BCUT2D eigenvalue weighted by Crippen LogP contribution is 2.20. The Labute approximate surface area is 156 Å². The number of anilines is 1. The van der Waals surface area contributed by atoms with Gasteiger partial charge in [-0.2, -0.15) is 5.10 Å². The number of amides is 1. The minimum Gasteiger partial charge on any atom is -0.368 e. The Kier molecular flexibility index (Phi) is 4.58. The molecule has 4 rings (SSSR count). The van der Waals surface area contributed by atoms with Crippen LogP contribution in [-0.2, 0) is 0 Å². The number of carbonyl (C=O) groups excluding carboxylic acids is 1. The van der Waals surface area contributed by atoms with Crippen molar-refractivity contribution < 1.29 is 9.18 Å². The number of hydrogen-bond donors (Lipinski definition) is 0. The Hall–Kier alpha value is -3.22. The number of piperazine rings is 1. The number of carbonyl (C=O) groups is 1. The van der Waals surface area contributed by atoms with Gasteiger partial charge in [0.15, 0.2) is 0 Å². The summed E-state index contributed by atoms with van der Waals surface area (Å²) in [5.41, 5.74) is 2.61. The van der Waals surface area contributed by atoms with Crippen molar-refractivity contribution >= 4 is 11.6 Å². The first-order chi connectivity index (χ1) is 13.1. The molecule has 1 aromatic carbocycles. The van der Waals surface area contributed by atoms with Gasteiger partial charge in [0.1, 0.15) is 11.5 Å². The van der Waals surface area contributed by atoms with Gasteiger partial charge in [0.25, 0.3) is 5.91 Å². The Balaban J connectivity index is 1.49. The third kappa shape index (κ3) is 3.28. The second-order valence-electron chi connectivity index (χ2n) is 6.49.